The van der Waals surface area contributed by atoms with Gasteiger partial charge in [0.25, 0.3) is 5.56 Å². The number of hydrogen-bond donors (Lipinski definition) is 1. The lowest BCUT2D eigenvalue weighted by Gasteiger charge is -2.15. The van der Waals surface area contributed by atoms with Crippen molar-refractivity contribution >= 4 is 11.6 Å². The van der Waals surface area contributed by atoms with Crippen LogP contribution >= 0.6 is 0 Å². The van der Waals surface area contributed by atoms with Gasteiger partial charge in [0, 0.05) is 11.8 Å². The molecule has 0 bridgehead atoms. The number of carbonyl (C=O) groups excluding carboxylic acids is 1. The third kappa shape index (κ3) is 3.67. The fourth-order valence-electron chi connectivity index (χ4n) is 3.10. The number of aromatic nitrogens is 2. The molecule has 5 nitrogen and oxygen atoms in total. The SMILES string of the molecule is Cc1cc(C)cc(NC(=O)Cn2nc3c(cc2=O)CCCC3)c1. The molecule has 5 heteroatoms. The molecule has 0 radical (unpaired) electrons. The van der Waals surface area contributed by atoms with Crippen LogP contribution in [0.3, 0.4) is 0 Å². The molecule has 0 saturated heterocycles. The van der Waals surface area contributed by atoms with Gasteiger partial charge in [0.2, 0.25) is 5.91 Å². The summed E-state index contributed by atoms with van der Waals surface area (Å²) in [5.74, 6) is -0.236. The highest BCUT2D eigenvalue weighted by molar-refractivity contribution is 5.90. The van der Waals surface area contributed by atoms with Crippen molar-refractivity contribution in [2.75, 3.05) is 5.32 Å². The molecule has 0 aliphatic heterocycles. The molecule has 1 aromatic heterocycles. The van der Waals surface area contributed by atoms with E-state index in [1.165, 1.54) is 4.68 Å². The summed E-state index contributed by atoms with van der Waals surface area (Å²) in [5.41, 5.74) is 4.70. The summed E-state index contributed by atoms with van der Waals surface area (Å²) < 4.78 is 1.27. The zero-order valence-corrected chi connectivity index (χ0v) is 13.6. The number of hydrogen-bond acceptors (Lipinski definition) is 3. The zero-order chi connectivity index (χ0) is 16.4. The van der Waals surface area contributed by atoms with E-state index in [4.69, 9.17) is 0 Å². The molecule has 1 heterocycles. The number of aryl methyl sites for hydroxylation is 4. The van der Waals surface area contributed by atoms with Crippen LogP contribution in [-0.2, 0) is 24.2 Å². The van der Waals surface area contributed by atoms with Crippen LogP contribution in [-0.4, -0.2) is 15.7 Å². The molecule has 1 amide bonds. The second kappa shape index (κ2) is 6.36. The van der Waals surface area contributed by atoms with Gasteiger partial charge < -0.3 is 5.32 Å². The minimum atomic E-state index is -0.236. The average Bonchev–Trinajstić information content (AvgIpc) is 2.46. The topological polar surface area (TPSA) is 64.0 Å². The zero-order valence-electron chi connectivity index (χ0n) is 13.6. The van der Waals surface area contributed by atoms with Gasteiger partial charge >= 0.3 is 0 Å². The molecule has 0 atom stereocenters. The van der Waals surface area contributed by atoms with Crippen molar-refractivity contribution < 1.29 is 4.79 Å². The quantitative estimate of drug-likeness (QED) is 0.946. The fourth-order valence-corrected chi connectivity index (χ4v) is 3.10. The van der Waals surface area contributed by atoms with Gasteiger partial charge in [0.05, 0.1) is 5.69 Å². The summed E-state index contributed by atoms with van der Waals surface area (Å²) in [4.78, 5) is 24.3. The highest BCUT2D eigenvalue weighted by Gasteiger charge is 2.14. The van der Waals surface area contributed by atoms with E-state index in [1.54, 1.807) is 6.07 Å². The Balaban J connectivity index is 1.76. The largest absolute Gasteiger partial charge is 0.324 e. The van der Waals surface area contributed by atoms with Crippen LogP contribution in [0.4, 0.5) is 5.69 Å². The normalized spacial score (nSPS) is 13.5. The minimum Gasteiger partial charge on any atom is -0.324 e. The maximum atomic E-state index is 12.2. The molecular formula is C18H21N3O2. The number of fused-ring (bicyclic) bond motifs is 1. The smallest absolute Gasteiger partial charge is 0.267 e. The Kier molecular flexibility index (Phi) is 4.28. The number of benzene rings is 1. The maximum absolute atomic E-state index is 12.2. The van der Waals surface area contributed by atoms with Crippen molar-refractivity contribution in [2.45, 2.75) is 46.1 Å². The molecule has 3 rings (SSSR count). The summed E-state index contributed by atoms with van der Waals surface area (Å²) >= 11 is 0. The van der Waals surface area contributed by atoms with E-state index in [9.17, 15) is 9.59 Å². The Bertz CT molecular complexity index is 788. The first-order valence-electron chi connectivity index (χ1n) is 7.99. The van der Waals surface area contributed by atoms with Gasteiger partial charge in [0.1, 0.15) is 6.54 Å². The van der Waals surface area contributed by atoms with E-state index < -0.39 is 0 Å². The van der Waals surface area contributed by atoms with Gasteiger partial charge in [-0.1, -0.05) is 6.07 Å². The van der Waals surface area contributed by atoms with Crippen molar-refractivity contribution in [2.24, 2.45) is 0 Å². The molecule has 120 valence electrons. The van der Waals surface area contributed by atoms with Gasteiger partial charge in [-0.3, -0.25) is 9.59 Å². The Morgan fingerprint density at radius 3 is 2.57 bits per heavy atom. The Morgan fingerprint density at radius 1 is 1.13 bits per heavy atom. The van der Waals surface area contributed by atoms with Crippen LogP contribution in [0.15, 0.2) is 29.1 Å². The molecule has 2 aromatic rings. The molecule has 1 aliphatic carbocycles. The number of nitrogens with zero attached hydrogens (tertiary/aromatic N) is 2. The Morgan fingerprint density at radius 2 is 1.83 bits per heavy atom. The molecule has 0 spiro atoms. The summed E-state index contributed by atoms with van der Waals surface area (Å²) in [7, 11) is 0. The predicted octanol–water partition coefficient (Wildman–Crippen LogP) is 2.38. The highest BCUT2D eigenvalue weighted by atomic mass is 16.2. The second-order valence-electron chi connectivity index (χ2n) is 6.24. The van der Waals surface area contributed by atoms with E-state index in [1.807, 2.05) is 32.0 Å². The van der Waals surface area contributed by atoms with Crippen molar-refractivity contribution in [1.29, 1.82) is 0 Å². The number of anilines is 1. The highest BCUT2D eigenvalue weighted by Crippen LogP contribution is 2.17. The van der Waals surface area contributed by atoms with Crippen LogP contribution in [0.25, 0.3) is 0 Å². The molecular weight excluding hydrogens is 290 g/mol. The van der Waals surface area contributed by atoms with Gasteiger partial charge in [0.15, 0.2) is 0 Å². The van der Waals surface area contributed by atoms with Crippen LogP contribution in [0, 0.1) is 13.8 Å². The third-order valence-electron chi connectivity index (χ3n) is 4.07. The Hall–Kier alpha value is -2.43. The summed E-state index contributed by atoms with van der Waals surface area (Å²) in [6.45, 7) is 3.91. The summed E-state index contributed by atoms with van der Waals surface area (Å²) in [5, 5.41) is 7.21. The number of nitrogens with one attached hydrogen (secondary N) is 1. The molecule has 0 unspecified atom stereocenters. The van der Waals surface area contributed by atoms with E-state index >= 15 is 0 Å². The molecule has 23 heavy (non-hydrogen) atoms. The van der Waals surface area contributed by atoms with Crippen molar-refractivity contribution in [3.63, 3.8) is 0 Å². The first-order valence-corrected chi connectivity index (χ1v) is 7.99. The Labute approximate surface area is 135 Å². The van der Waals surface area contributed by atoms with Crippen LogP contribution < -0.4 is 10.9 Å². The molecule has 1 aliphatic rings. The minimum absolute atomic E-state index is 0.0564. The summed E-state index contributed by atoms with van der Waals surface area (Å²) in [6.07, 6.45) is 3.99. The van der Waals surface area contributed by atoms with Crippen molar-refractivity contribution in [1.82, 2.24) is 9.78 Å². The first kappa shape index (κ1) is 15.5. The molecule has 0 saturated carbocycles. The first-order chi connectivity index (χ1) is 11.0. The number of rotatable bonds is 3. The average molecular weight is 311 g/mol. The second-order valence-corrected chi connectivity index (χ2v) is 6.24. The lowest BCUT2D eigenvalue weighted by atomic mass is 9.97. The monoisotopic (exact) mass is 311 g/mol. The van der Waals surface area contributed by atoms with Gasteiger partial charge in [-0.2, -0.15) is 5.10 Å². The number of carbonyl (C=O) groups is 1. The van der Waals surface area contributed by atoms with Crippen LogP contribution in [0.2, 0.25) is 0 Å². The van der Waals surface area contributed by atoms with Gasteiger partial charge in [-0.15, -0.1) is 0 Å². The molecule has 1 aromatic carbocycles. The van der Waals surface area contributed by atoms with Crippen LogP contribution in [0.5, 0.6) is 0 Å². The van der Waals surface area contributed by atoms with Crippen molar-refractivity contribution in [3.05, 3.63) is 57.0 Å². The lowest BCUT2D eigenvalue weighted by Crippen LogP contribution is -2.31. The molecule has 1 N–H and O–H groups in total. The summed E-state index contributed by atoms with van der Waals surface area (Å²) in [6, 6.07) is 7.50. The molecule has 0 fully saturated rings. The third-order valence-corrected chi connectivity index (χ3v) is 4.07. The number of amides is 1. The van der Waals surface area contributed by atoms with E-state index in [0.29, 0.717) is 0 Å². The fraction of sp³-hybridized carbons (Fsp3) is 0.389. The van der Waals surface area contributed by atoms with Gasteiger partial charge in [-0.25, -0.2) is 4.68 Å². The van der Waals surface area contributed by atoms with Crippen molar-refractivity contribution in [3.8, 4) is 0 Å². The van der Waals surface area contributed by atoms with E-state index in [0.717, 1.165) is 53.8 Å². The standard InChI is InChI=1S/C18H21N3O2/c1-12-7-13(2)9-15(8-12)19-17(22)11-21-18(23)10-14-5-3-4-6-16(14)20-21/h7-10H,3-6,11H2,1-2H3,(H,19,22). The predicted molar refractivity (Wildman–Crippen MR) is 89.7 cm³/mol. The lowest BCUT2D eigenvalue weighted by molar-refractivity contribution is -0.117. The van der Waals surface area contributed by atoms with E-state index in [2.05, 4.69) is 10.4 Å². The van der Waals surface area contributed by atoms with E-state index in [-0.39, 0.29) is 18.0 Å². The van der Waals surface area contributed by atoms with Crippen LogP contribution in [0.1, 0.15) is 35.2 Å². The van der Waals surface area contributed by atoms with Gasteiger partial charge in [-0.05, 0) is 68.4 Å². The maximum Gasteiger partial charge on any atom is 0.267 e.